The monoisotopic (exact) mass is 689 g/mol. The van der Waals surface area contributed by atoms with E-state index in [1.54, 1.807) is 11.1 Å². The third kappa shape index (κ3) is 5.36. The second-order valence-electron chi connectivity index (χ2n) is 14.2. The van der Waals surface area contributed by atoms with Crippen molar-refractivity contribution in [3.63, 3.8) is 0 Å². The van der Waals surface area contributed by atoms with Crippen LogP contribution in [0.2, 0.25) is 0 Å². The Hall–Kier alpha value is -2.31. The van der Waals surface area contributed by atoms with Gasteiger partial charge in [0.1, 0.15) is 29.8 Å². The lowest BCUT2D eigenvalue weighted by molar-refractivity contribution is -0.211. The number of fused-ring (bicyclic) bond motifs is 7. The van der Waals surface area contributed by atoms with E-state index in [0.717, 1.165) is 10.2 Å². The van der Waals surface area contributed by atoms with Gasteiger partial charge in [-0.25, -0.2) is 4.39 Å². The summed E-state index contributed by atoms with van der Waals surface area (Å²) in [6, 6.07) is 7.55. The molecule has 0 radical (unpaired) electrons. The van der Waals surface area contributed by atoms with E-state index in [1.807, 2.05) is 71.3 Å². The van der Waals surface area contributed by atoms with Gasteiger partial charge in [0.05, 0.1) is 24.5 Å². The quantitative estimate of drug-likeness (QED) is 0.218. The molecule has 0 aromatic heterocycles. The Morgan fingerprint density at radius 2 is 1.87 bits per heavy atom. The number of oxime groups is 1. The van der Waals surface area contributed by atoms with Gasteiger partial charge in [0.15, 0.2) is 12.4 Å². The zero-order valence-electron chi connectivity index (χ0n) is 26.9. The number of hydrazone groups is 1. The van der Waals surface area contributed by atoms with Gasteiger partial charge in [0, 0.05) is 35.3 Å². The van der Waals surface area contributed by atoms with E-state index in [9.17, 15) is 10.2 Å². The molecule has 4 fully saturated rings. The lowest BCUT2D eigenvalue weighted by Crippen LogP contribution is -2.64. The molecule has 0 unspecified atom stereocenters. The molecule has 0 amide bonds. The number of aliphatic hydroxyl groups excluding tert-OH is 2. The Balaban J connectivity index is 1.23. The Morgan fingerprint density at radius 3 is 2.56 bits per heavy atom. The summed E-state index contributed by atoms with van der Waals surface area (Å²) < 4.78 is 36.3. The average Bonchev–Trinajstić information content (AvgIpc) is 3.37. The number of aliphatic hydroxyl groups is 2. The minimum atomic E-state index is -1.22. The number of alkyl halides is 1. The summed E-state index contributed by atoms with van der Waals surface area (Å²) in [6.45, 7) is 8.15. The molecule has 1 aromatic carbocycles. The summed E-state index contributed by atoms with van der Waals surface area (Å²) in [5.41, 5.74) is -0.745. The van der Waals surface area contributed by atoms with Crippen LogP contribution in [-0.2, 0) is 14.3 Å². The van der Waals surface area contributed by atoms with Gasteiger partial charge in [0.2, 0.25) is 0 Å². The Labute approximate surface area is 273 Å². The summed E-state index contributed by atoms with van der Waals surface area (Å²) in [6.07, 6.45) is 4.62. The molecule has 6 rings (SSSR count). The molecule has 2 N–H and O–H groups in total. The first-order valence-electron chi connectivity index (χ1n) is 15.8. The number of rotatable bonds is 8. The molecule has 9 nitrogen and oxygen atoms in total. The summed E-state index contributed by atoms with van der Waals surface area (Å²) in [4.78, 5) is 5.52. The van der Waals surface area contributed by atoms with Crippen molar-refractivity contribution in [1.82, 2.24) is 5.01 Å². The van der Waals surface area contributed by atoms with Gasteiger partial charge in [0.25, 0.3) is 0 Å². The molecule has 1 saturated heterocycles. The molecule has 0 spiro atoms. The second kappa shape index (κ2) is 11.7. The van der Waals surface area contributed by atoms with Crippen LogP contribution in [0.5, 0.6) is 5.75 Å². The normalized spacial score (nSPS) is 40.7. The highest BCUT2D eigenvalue weighted by molar-refractivity contribution is 9.10. The minimum absolute atomic E-state index is 0.0138. The van der Waals surface area contributed by atoms with Crippen molar-refractivity contribution in [1.29, 1.82) is 0 Å². The lowest BCUT2D eigenvalue weighted by Gasteiger charge is -2.60. The van der Waals surface area contributed by atoms with Crippen molar-refractivity contribution in [2.75, 3.05) is 33.9 Å². The fourth-order valence-electron chi connectivity index (χ4n) is 9.33. The highest BCUT2D eigenvalue weighted by atomic mass is 79.9. The third-order valence-corrected chi connectivity index (χ3v) is 11.3. The molecule has 1 aromatic rings. The number of hydrogen-bond donors (Lipinski definition) is 2. The van der Waals surface area contributed by atoms with Crippen LogP contribution in [0.3, 0.4) is 0 Å². The topological polar surface area (TPSA) is 105 Å². The van der Waals surface area contributed by atoms with Gasteiger partial charge in [-0.15, -0.1) is 0 Å². The molecule has 5 aliphatic rings. The first-order chi connectivity index (χ1) is 21.2. The zero-order valence-corrected chi connectivity index (χ0v) is 28.5. The summed E-state index contributed by atoms with van der Waals surface area (Å²) in [7, 11) is 3.62. The number of halogens is 2. The summed E-state index contributed by atoms with van der Waals surface area (Å²) >= 11 is 3.41. The fourth-order valence-corrected chi connectivity index (χ4v) is 9.59. The highest BCUT2D eigenvalue weighted by Gasteiger charge is 2.76. The largest absolute Gasteiger partial charge is 0.490 e. The second-order valence-corrected chi connectivity index (χ2v) is 15.1. The number of benzene rings is 1. The summed E-state index contributed by atoms with van der Waals surface area (Å²) in [5.74, 6) is -0.517. The molecule has 11 heteroatoms. The number of hydrogen-bond acceptors (Lipinski definition) is 9. The molecule has 246 valence electrons. The Bertz CT molecular complexity index is 1410. The van der Waals surface area contributed by atoms with E-state index < -0.39 is 34.5 Å². The molecule has 0 bridgehead atoms. The van der Waals surface area contributed by atoms with Crippen molar-refractivity contribution < 1.29 is 33.7 Å². The SMILES string of the molecule is CN(C)/N=C(/CO)[C@@]12OC(C)(C)O[C@@H]1C[C@H]1[C@@H]3C[C@H](F)C4=C/C(=N/OCCOc5ccc(Br)cc5)C=C[C@]4(C)[C@H]3[C@@H](O)C[C@@]12C. The fraction of sp³-hybridized carbons (Fsp3) is 0.647. The van der Waals surface area contributed by atoms with Crippen LogP contribution in [-0.4, -0.2) is 90.3 Å². The van der Waals surface area contributed by atoms with E-state index in [4.69, 9.17) is 19.0 Å². The highest BCUT2D eigenvalue weighted by Crippen LogP contribution is 2.70. The maximum absolute atomic E-state index is 16.3. The van der Waals surface area contributed by atoms with Gasteiger partial charge in [-0.05, 0) is 86.9 Å². The third-order valence-electron chi connectivity index (χ3n) is 10.8. The number of allylic oxidation sites excluding steroid dienone is 4. The average molecular weight is 691 g/mol. The Morgan fingerprint density at radius 1 is 1.13 bits per heavy atom. The van der Waals surface area contributed by atoms with E-state index in [1.165, 1.54) is 0 Å². The molecule has 4 aliphatic carbocycles. The lowest BCUT2D eigenvalue weighted by atomic mass is 9.46. The molecule has 45 heavy (non-hydrogen) atoms. The minimum Gasteiger partial charge on any atom is -0.490 e. The van der Waals surface area contributed by atoms with Crippen LogP contribution in [0, 0.1) is 28.6 Å². The van der Waals surface area contributed by atoms with Crippen molar-refractivity contribution in [3.05, 3.63) is 52.5 Å². The standard InChI is InChI=1S/C34H45BrFN3O6/c1-31(2)44-29-17-24-23-16-26(36)25-15-21(38-43-14-13-42-22-9-7-20(35)8-10-22)11-12-32(25,3)30(23)27(41)18-33(24,4)34(29,45-31)28(19-40)37-39(5)6/h7-12,15,23-24,26-27,29-30,40-41H,13-14,16-19H2,1-6H3/b37-28-,38-21+/t23-,24-,26-,27-,29+,30+,32-,33-,34+/m0/s1. The van der Waals surface area contributed by atoms with Crippen molar-refractivity contribution in [2.24, 2.45) is 38.8 Å². The predicted octanol–water partition coefficient (Wildman–Crippen LogP) is 5.27. The van der Waals surface area contributed by atoms with E-state index in [2.05, 4.69) is 33.1 Å². The molecule has 1 heterocycles. The molecule has 9 atom stereocenters. The number of nitrogens with zero attached hydrogens (tertiary/aromatic N) is 3. The van der Waals surface area contributed by atoms with Crippen LogP contribution >= 0.6 is 15.9 Å². The van der Waals surface area contributed by atoms with Crippen LogP contribution in [0.15, 0.2) is 62.8 Å². The van der Waals surface area contributed by atoms with E-state index in [0.29, 0.717) is 36.4 Å². The van der Waals surface area contributed by atoms with Gasteiger partial charge >= 0.3 is 0 Å². The van der Waals surface area contributed by atoms with Gasteiger partial charge in [-0.3, -0.25) is 0 Å². The molecule has 1 aliphatic heterocycles. The maximum Gasteiger partial charge on any atom is 0.164 e. The smallest absolute Gasteiger partial charge is 0.164 e. The van der Waals surface area contributed by atoms with Crippen molar-refractivity contribution >= 4 is 27.4 Å². The Kier molecular flexibility index (Phi) is 8.51. The molecular formula is C34H45BrFN3O6. The molecular weight excluding hydrogens is 645 g/mol. The van der Waals surface area contributed by atoms with Gasteiger partial charge < -0.3 is 34.3 Å². The van der Waals surface area contributed by atoms with Crippen LogP contribution in [0.4, 0.5) is 4.39 Å². The van der Waals surface area contributed by atoms with Gasteiger partial charge in [-0.1, -0.05) is 41.0 Å². The van der Waals surface area contributed by atoms with Crippen LogP contribution < -0.4 is 4.74 Å². The van der Waals surface area contributed by atoms with E-state index >= 15 is 4.39 Å². The van der Waals surface area contributed by atoms with Gasteiger partial charge in [-0.2, -0.15) is 5.10 Å². The maximum atomic E-state index is 16.3. The van der Waals surface area contributed by atoms with E-state index in [-0.39, 0.29) is 43.5 Å². The van der Waals surface area contributed by atoms with Crippen LogP contribution in [0.25, 0.3) is 0 Å². The van der Waals surface area contributed by atoms with Crippen LogP contribution in [0.1, 0.15) is 47.0 Å². The first-order valence-corrected chi connectivity index (χ1v) is 16.6. The summed E-state index contributed by atoms with van der Waals surface area (Å²) in [5, 5.41) is 33.2. The predicted molar refractivity (Wildman–Crippen MR) is 173 cm³/mol. The molecule has 3 saturated carbocycles. The number of ether oxygens (including phenoxy) is 3. The zero-order chi connectivity index (χ0) is 32.4. The van der Waals surface area contributed by atoms with Crippen molar-refractivity contribution in [3.8, 4) is 5.75 Å². The first kappa shape index (κ1) is 32.6. The van der Waals surface area contributed by atoms with Crippen molar-refractivity contribution in [2.45, 2.75) is 76.7 Å².